The number of carbonyl (C=O) groups excluding carboxylic acids is 1. The number of aryl methyl sites for hydroxylation is 2. The van der Waals surface area contributed by atoms with Crippen LogP contribution < -0.4 is 5.32 Å². The van der Waals surface area contributed by atoms with Crippen LogP contribution in [0.2, 0.25) is 0 Å². The fourth-order valence-electron chi connectivity index (χ4n) is 3.77. The third kappa shape index (κ3) is 4.53. The second-order valence-electron chi connectivity index (χ2n) is 7.71. The number of hydrogen-bond donors (Lipinski definition) is 1. The molecule has 0 aliphatic rings. The fraction of sp³-hybridized carbons (Fsp3) is 0.240. The van der Waals surface area contributed by atoms with E-state index in [0.29, 0.717) is 23.0 Å². The third-order valence-corrected chi connectivity index (χ3v) is 6.43. The van der Waals surface area contributed by atoms with Crippen LogP contribution in [0.4, 0.5) is 10.1 Å². The molecule has 32 heavy (non-hydrogen) atoms. The number of pyridine rings is 1. The largest absolute Gasteiger partial charge is 0.324 e. The Bertz CT molecular complexity index is 1250. The topological polar surface area (TPSA) is 59.8 Å². The lowest BCUT2D eigenvalue weighted by Gasteiger charge is -2.21. The summed E-state index contributed by atoms with van der Waals surface area (Å²) in [6.45, 7) is 5.95. The standard InChI is InChI=1S/C25H25FN4OS/c1-4-21(24(31)29-22-16(2)8-5-9-17(22)3)30-23-20(12-7-13-27-23)28-25(30)32-15-18-10-6-11-19(26)14-18/h5-14,21H,4,15H2,1-3H3,(H,29,31)/t21-/m1/s1. The predicted molar refractivity (Wildman–Crippen MR) is 127 cm³/mol. The molecule has 4 aromatic rings. The van der Waals surface area contributed by atoms with Crippen molar-refractivity contribution in [1.29, 1.82) is 0 Å². The average Bonchev–Trinajstić information content (AvgIpc) is 3.14. The number of amides is 1. The van der Waals surface area contributed by atoms with Gasteiger partial charge in [-0.15, -0.1) is 0 Å². The van der Waals surface area contributed by atoms with Crippen LogP contribution >= 0.6 is 11.8 Å². The molecule has 2 aromatic carbocycles. The number of anilines is 1. The van der Waals surface area contributed by atoms with Crippen LogP contribution in [0.25, 0.3) is 11.2 Å². The molecule has 1 N–H and O–H groups in total. The number of nitrogens with zero attached hydrogens (tertiary/aromatic N) is 3. The van der Waals surface area contributed by atoms with Gasteiger partial charge in [-0.3, -0.25) is 9.36 Å². The molecular formula is C25H25FN4OS. The van der Waals surface area contributed by atoms with Crippen LogP contribution in [-0.2, 0) is 10.5 Å². The van der Waals surface area contributed by atoms with Gasteiger partial charge in [0.05, 0.1) is 0 Å². The number of aromatic nitrogens is 3. The number of nitrogens with one attached hydrogen (secondary N) is 1. The molecule has 0 spiro atoms. The average molecular weight is 449 g/mol. The van der Waals surface area contributed by atoms with Gasteiger partial charge in [0.1, 0.15) is 17.4 Å². The van der Waals surface area contributed by atoms with Gasteiger partial charge in [-0.2, -0.15) is 0 Å². The van der Waals surface area contributed by atoms with Crippen molar-refractivity contribution < 1.29 is 9.18 Å². The third-order valence-electron chi connectivity index (χ3n) is 5.40. The summed E-state index contributed by atoms with van der Waals surface area (Å²) in [5.41, 5.74) is 5.12. The van der Waals surface area contributed by atoms with E-state index in [2.05, 4.69) is 10.3 Å². The summed E-state index contributed by atoms with van der Waals surface area (Å²) in [4.78, 5) is 22.7. The molecule has 7 heteroatoms. The second-order valence-corrected chi connectivity index (χ2v) is 8.65. The van der Waals surface area contributed by atoms with Crippen molar-refractivity contribution >= 4 is 34.5 Å². The maximum Gasteiger partial charge on any atom is 0.247 e. The predicted octanol–water partition coefficient (Wildman–Crippen LogP) is 6.07. The van der Waals surface area contributed by atoms with E-state index in [0.717, 1.165) is 27.9 Å². The molecule has 2 aromatic heterocycles. The molecule has 5 nitrogen and oxygen atoms in total. The monoisotopic (exact) mass is 448 g/mol. The van der Waals surface area contributed by atoms with Crippen molar-refractivity contribution in [2.24, 2.45) is 0 Å². The Labute approximate surface area is 191 Å². The maximum absolute atomic E-state index is 13.6. The van der Waals surface area contributed by atoms with E-state index in [1.54, 1.807) is 12.3 Å². The quantitative estimate of drug-likeness (QED) is 0.349. The Morgan fingerprint density at radius 3 is 2.59 bits per heavy atom. The zero-order valence-corrected chi connectivity index (χ0v) is 19.1. The number of imidazole rings is 1. The molecule has 0 aliphatic carbocycles. The maximum atomic E-state index is 13.6. The first-order valence-corrected chi connectivity index (χ1v) is 11.5. The number of carbonyl (C=O) groups is 1. The van der Waals surface area contributed by atoms with Crippen LogP contribution in [-0.4, -0.2) is 20.4 Å². The molecular weight excluding hydrogens is 423 g/mol. The van der Waals surface area contributed by atoms with Crippen molar-refractivity contribution in [3.8, 4) is 0 Å². The lowest BCUT2D eigenvalue weighted by atomic mass is 10.1. The highest BCUT2D eigenvalue weighted by Gasteiger charge is 2.26. The van der Waals surface area contributed by atoms with Gasteiger partial charge < -0.3 is 5.32 Å². The van der Waals surface area contributed by atoms with E-state index in [4.69, 9.17) is 4.98 Å². The molecule has 0 saturated carbocycles. The second kappa shape index (κ2) is 9.53. The first-order chi connectivity index (χ1) is 15.5. The Kier molecular flexibility index (Phi) is 6.55. The van der Waals surface area contributed by atoms with Gasteiger partial charge in [0.2, 0.25) is 5.91 Å². The summed E-state index contributed by atoms with van der Waals surface area (Å²) in [6.07, 6.45) is 2.28. The van der Waals surface area contributed by atoms with Crippen LogP contribution in [0.5, 0.6) is 0 Å². The fourth-order valence-corrected chi connectivity index (χ4v) is 4.76. The van der Waals surface area contributed by atoms with E-state index in [1.165, 1.54) is 23.9 Å². The van der Waals surface area contributed by atoms with E-state index < -0.39 is 6.04 Å². The van der Waals surface area contributed by atoms with Crippen LogP contribution in [0.1, 0.15) is 36.1 Å². The Morgan fingerprint density at radius 2 is 1.88 bits per heavy atom. The molecule has 0 aliphatic heterocycles. The first kappa shape index (κ1) is 22.0. The number of fused-ring (bicyclic) bond motifs is 1. The molecule has 0 unspecified atom stereocenters. The molecule has 0 fully saturated rings. The van der Waals surface area contributed by atoms with Gasteiger partial charge in [0, 0.05) is 17.6 Å². The van der Waals surface area contributed by atoms with Crippen LogP contribution in [0.3, 0.4) is 0 Å². The number of benzene rings is 2. The summed E-state index contributed by atoms with van der Waals surface area (Å²) < 4.78 is 15.5. The normalized spacial score (nSPS) is 12.1. The zero-order chi connectivity index (χ0) is 22.7. The minimum Gasteiger partial charge on any atom is -0.324 e. The van der Waals surface area contributed by atoms with Crippen molar-refractivity contribution in [2.75, 3.05) is 5.32 Å². The minimum atomic E-state index is -0.482. The number of para-hydroxylation sites is 1. The summed E-state index contributed by atoms with van der Waals surface area (Å²) in [5.74, 6) is 0.163. The molecule has 1 atom stereocenters. The van der Waals surface area contributed by atoms with E-state index in [-0.39, 0.29) is 11.7 Å². The summed E-state index contributed by atoms with van der Waals surface area (Å²) in [7, 11) is 0. The molecule has 1 amide bonds. The molecule has 2 heterocycles. The highest BCUT2D eigenvalue weighted by molar-refractivity contribution is 7.98. The van der Waals surface area contributed by atoms with E-state index in [9.17, 15) is 9.18 Å². The van der Waals surface area contributed by atoms with Gasteiger partial charge in [-0.05, 0) is 61.2 Å². The van der Waals surface area contributed by atoms with Crippen LogP contribution in [0, 0.1) is 19.7 Å². The first-order valence-electron chi connectivity index (χ1n) is 10.5. The van der Waals surface area contributed by atoms with Crippen molar-refractivity contribution in [3.63, 3.8) is 0 Å². The molecule has 0 bridgehead atoms. The van der Waals surface area contributed by atoms with E-state index in [1.807, 2.05) is 61.7 Å². The highest BCUT2D eigenvalue weighted by atomic mass is 32.2. The van der Waals surface area contributed by atoms with Gasteiger partial charge in [-0.25, -0.2) is 14.4 Å². The minimum absolute atomic E-state index is 0.109. The van der Waals surface area contributed by atoms with Crippen molar-refractivity contribution in [2.45, 2.75) is 44.1 Å². The molecule has 4 rings (SSSR count). The van der Waals surface area contributed by atoms with Gasteiger partial charge in [0.25, 0.3) is 0 Å². The number of hydrogen-bond acceptors (Lipinski definition) is 4. The lowest BCUT2D eigenvalue weighted by Crippen LogP contribution is -2.27. The van der Waals surface area contributed by atoms with Crippen LogP contribution in [0.15, 0.2) is 66.0 Å². The van der Waals surface area contributed by atoms with Gasteiger partial charge in [0.15, 0.2) is 10.8 Å². The number of thioether (sulfide) groups is 1. The van der Waals surface area contributed by atoms with Crippen molar-refractivity contribution in [1.82, 2.24) is 14.5 Å². The number of rotatable bonds is 7. The highest BCUT2D eigenvalue weighted by Crippen LogP contribution is 2.31. The van der Waals surface area contributed by atoms with Crippen molar-refractivity contribution in [3.05, 3.63) is 83.3 Å². The Morgan fingerprint density at radius 1 is 1.12 bits per heavy atom. The molecule has 0 saturated heterocycles. The Balaban J connectivity index is 1.69. The summed E-state index contributed by atoms with van der Waals surface area (Å²) in [6, 6.07) is 15.7. The number of halogens is 1. The molecule has 164 valence electrons. The lowest BCUT2D eigenvalue weighted by molar-refractivity contribution is -0.119. The van der Waals surface area contributed by atoms with E-state index >= 15 is 0 Å². The SMILES string of the molecule is CC[C@H](C(=O)Nc1c(C)cccc1C)n1c(SCc2cccc(F)c2)nc2cccnc21. The van der Waals surface area contributed by atoms with Gasteiger partial charge >= 0.3 is 0 Å². The zero-order valence-electron chi connectivity index (χ0n) is 18.3. The Hall–Kier alpha value is -3.19. The summed E-state index contributed by atoms with van der Waals surface area (Å²) in [5, 5.41) is 3.80. The molecule has 0 radical (unpaired) electrons. The summed E-state index contributed by atoms with van der Waals surface area (Å²) >= 11 is 1.47. The van der Waals surface area contributed by atoms with Gasteiger partial charge in [-0.1, -0.05) is 49.0 Å². The smallest absolute Gasteiger partial charge is 0.247 e.